The van der Waals surface area contributed by atoms with E-state index in [1.807, 2.05) is 11.0 Å². The van der Waals surface area contributed by atoms with Gasteiger partial charge in [0.15, 0.2) is 0 Å². The molecule has 8 heteroatoms. The number of carbonyl (C=O) groups excluding carboxylic acids is 1. The van der Waals surface area contributed by atoms with Crippen LogP contribution < -0.4 is 10.1 Å². The number of rotatable bonds is 5. The number of hydrogen-bond donors (Lipinski definition) is 1. The summed E-state index contributed by atoms with van der Waals surface area (Å²) in [6.45, 7) is 1.64. The predicted octanol–water partition coefficient (Wildman–Crippen LogP) is 2.44. The third-order valence-corrected chi connectivity index (χ3v) is 3.71. The van der Waals surface area contributed by atoms with E-state index in [-0.39, 0.29) is 22.7 Å². The highest BCUT2D eigenvalue weighted by Crippen LogP contribution is 2.29. The van der Waals surface area contributed by atoms with E-state index >= 15 is 0 Å². The number of nitro benzene ring substituents is 1. The van der Waals surface area contributed by atoms with Crippen molar-refractivity contribution in [2.45, 2.75) is 19.3 Å². The van der Waals surface area contributed by atoms with E-state index in [2.05, 4.69) is 5.32 Å². The number of nitrogens with one attached hydrogen (secondary N) is 1. The van der Waals surface area contributed by atoms with Crippen LogP contribution in [-0.4, -0.2) is 35.9 Å². The van der Waals surface area contributed by atoms with Crippen molar-refractivity contribution < 1.29 is 14.5 Å². The van der Waals surface area contributed by atoms with Crippen LogP contribution in [0.2, 0.25) is 0 Å². The molecule has 1 aliphatic heterocycles. The SMILES string of the molecule is COc1cc([N+](=O)[O-])ccc1NC(=O)/C(C#N)=C\N1CCCCC1. The molecular weight excluding hydrogens is 312 g/mol. The van der Waals surface area contributed by atoms with Crippen LogP contribution in [0.15, 0.2) is 30.0 Å². The van der Waals surface area contributed by atoms with Crippen LogP contribution in [0.1, 0.15) is 19.3 Å². The number of likely N-dealkylation sites (tertiary alicyclic amines) is 1. The summed E-state index contributed by atoms with van der Waals surface area (Å²) in [6.07, 6.45) is 4.78. The van der Waals surface area contributed by atoms with Crippen LogP contribution in [0.5, 0.6) is 5.75 Å². The van der Waals surface area contributed by atoms with E-state index in [4.69, 9.17) is 4.74 Å². The number of carbonyl (C=O) groups is 1. The second kappa shape index (κ2) is 7.97. The smallest absolute Gasteiger partial charge is 0.273 e. The lowest BCUT2D eigenvalue weighted by molar-refractivity contribution is -0.384. The highest BCUT2D eigenvalue weighted by molar-refractivity contribution is 6.07. The van der Waals surface area contributed by atoms with Gasteiger partial charge in [-0.25, -0.2) is 0 Å². The number of ether oxygens (including phenoxy) is 1. The third-order valence-electron chi connectivity index (χ3n) is 3.71. The lowest BCUT2D eigenvalue weighted by Gasteiger charge is -2.25. The number of amides is 1. The molecule has 0 radical (unpaired) electrons. The number of nitrogens with zero attached hydrogens (tertiary/aromatic N) is 3. The Kier molecular flexibility index (Phi) is 5.73. The first kappa shape index (κ1) is 17.3. The molecule has 1 N–H and O–H groups in total. The first-order chi connectivity index (χ1) is 11.5. The second-order valence-corrected chi connectivity index (χ2v) is 5.35. The molecule has 1 saturated heterocycles. The summed E-state index contributed by atoms with van der Waals surface area (Å²) in [7, 11) is 1.35. The number of methoxy groups -OCH3 is 1. The van der Waals surface area contributed by atoms with E-state index in [1.165, 1.54) is 25.3 Å². The molecular formula is C16H18N4O4. The molecule has 24 heavy (non-hydrogen) atoms. The van der Waals surface area contributed by atoms with Gasteiger partial charge in [-0.15, -0.1) is 0 Å². The summed E-state index contributed by atoms with van der Waals surface area (Å²) in [5.74, 6) is -0.414. The molecule has 8 nitrogen and oxygen atoms in total. The van der Waals surface area contributed by atoms with E-state index < -0.39 is 10.8 Å². The Morgan fingerprint density at radius 1 is 1.42 bits per heavy atom. The third kappa shape index (κ3) is 4.23. The fraction of sp³-hybridized carbons (Fsp3) is 0.375. The van der Waals surface area contributed by atoms with Gasteiger partial charge in [0.05, 0.1) is 23.8 Å². The van der Waals surface area contributed by atoms with E-state index in [1.54, 1.807) is 6.20 Å². The Morgan fingerprint density at radius 2 is 2.12 bits per heavy atom. The van der Waals surface area contributed by atoms with Crippen molar-refractivity contribution in [1.82, 2.24) is 4.90 Å². The Morgan fingerprint density at radius 3 is 2.71 bits per heavy atom. The van der Waals surface area contributed by atoms with E-state index in [0.717, 1.165) is 32.4 Å². The predicted molar refractivity (Wildman–Crippen MR) is 87.4 cm³/mol. The molecule has 0 aliphatic carbocycles. The molecule has 1 heterocycles. The van der Waals surface area contributed by atoms with Gasteiger partial charge in [-0.3, -0.25) is 14.9 Å². The van der Waals surface area contributed by atoms with Gasteiger partial charge in [-0.1, -0.05) is 0 Å². The quantitative estimate of drug-likeness (QED) is 0.384. The molecule has 0 saturated carbocycles. The van der Waals surface area contributed by atoms with Gasteiger partial charge in [-0.2, -0.15) is 5.26 Å². The molecule has 0 spiro atoms. The summed E-state index contributed by atoms with van der Waals surface area (Å²) in [5, 5.41) is 22.6. The van der Waals surface area contributed by atoms with Crippen LogP contribution in [0.25, 0.3) is 0 Å². The van der Waals surface area contributed by atoms with Crippen molar-refractivity contribution >= 4 is 17.3 Å². The van der Waals surface area contributed by atoms with Crippen LogP contribution in [0.4, 0.5) is 11.4 Å². The van der Waals surface area contributed by atoms with Crippen molar-refractivity contribution in [3.8, 4) is 11.8 Å². The number of benzene rings is 1. The number of nitriles is 1. The lowest BCUT2D eigenvalue weighted by Crippen LogP contribution is -2.26. The van der Waals surface area contributed by atoms with Gasteiger partial charge in [0.1, 0.15) is 17.4 Å². The first-order valence-electron chi connectivity index (χ1n) is 7.55. The zero-order chi connectivity index (χ0) is 17.5. The minimum atomic E-state index is -0.574. The van der Waals surface area contributed by atoms with Gasteiger partial charge < -0.3 is 15.0 Å². The van der Waals surface area contributed by atoms with Crippen molar-refractivity contribution in [3.63, 3.8) is 0 Å². The summed E-state index contributed by atoms with van der Waals surface area (Å²) < 4.78 is 5.07. The Hall–Kier alpha value is -3.08. The maximum absolute atomic E-state index is 12.3. The van der Waals surface area contributed by atoms with Crippen LogP contribution in [0, 0.1) is 21.4 Å². The van der Waals surface area contributed by atoms with E-state index in [0.29, 0.717) is 0 Å². The van der Waals surface area contributed by atoms with Gasteiger partial charge >= 0.3 is 0 Å². The van der Waals surface area contributed by atoms with Gasteiger partial charge in [-0.05, 0) is 25.3 Å². The monoisotopic (exact) mass is 330 g/mol. The number of hydrogen-bond acceptors (Lipinski definition) is 6. The molecule has 1 fully saturated rings. The lowest BCUT2D eigenvalue weighted by atomic mass is 10.1. The van der Waals surface area contributed by atoms with Gasteiger partial charge in [0.2, 0.25) is 0 Å². The topological polar surface area (TPSA) is 108 Å². The average molecular weight is 330 g/mol. The van der Waals surface area contributed by atoms with Crippen molar-refractivity contribution in [1.29, 1.82) is 5.26 Å². The highest BCUT2D eigenvalue weighted by Gasteiger charge is 2.17. The Bertz CT molecular complexity index is 703. The standard InChI is InChI=1S/C16H18N4O4/c1-24-15-9-13(20(22)23)5-6-14(15)18-16(21)12(10-17)11-19-7-3-2-4-8-19/h5-6,9,11H,2-4,7-8H2,1H3,(H,18,21)/b12-11-. The van der Waals surface area contributed by atoms with Crippen LogP contribution >= 0.6 is 0 Å². The average Bonchev–Trinajstić information content (AvgIpc) is 2.60. The fourth-order valence-corrected chi connectivity index (χ4v) is 2.45. The molecule has 2 rings (SSSR count). The summed E-state index contributed by atoms with van der Waals surface area (Å²) in [6, 6.07) is 5.76. The first-order valence-corrected chi connectivity index (χ1v) is 7.55. The number of non-ortho nitro benzene ring substituents is 1. The summed E-state index contributed by atoms with van der Waals surface area (Å²) in [5.41, 5.74) is 0.111. The molecule has 1 amide bonds. The van der Waals surface area contributed by atoms with Gasteiger partial charge in [0.25, 0.3) is 11.6 Å². The molecule has 0 unspecified atom stereocenters. The van der Waals surface area contributed by atoms with Crippen molar-refractivity contribution in [2.24, 2.45) is 0 Å². The minimum Gasteiger partial charge on any atom is -0.494 e. The maximum atomic E-state index is 12.3. The molecule has 126 valence electrons. The molecule has 0 atom stereocenters. The van der Waals surface area contributed by atoms with Crippen molar-refractivity contribution in [3.05, 3.63) is 40.1 Å². The fourth-order valence-electron chi connectivity index (χ4n) is 2.45. The zero-order valence-corrected chi connectivity index (χ0v) is 13.3. The maximum Gasteiger partial charge on any atom is 0.273 e. The summed E-state index contributed by atoms with van der Waals surface area (Å²) >= 11 is 0. The Labute approximate surface area is 139 Å². The molecule has 1 aromatic rings. The van der Waals surface area contributed by atoms with Gasteiger partial charge in [0, 0.05) is 25.4 Å². The van der Waals surface area contributed by atoms with Crippen LogP contribution in [-0.2, 0) is 4.79 Å². The van der Waals surface area contributed by atoms with E-state index in [9.17, 15) is 20.2 Å². The number of nitro groups is 1. The highest BCUT2D eigenvalue weighted by atomic mass is 16.6. The molecule has 0 bridgehead atoms. The number of piperidine rings is 1. The van der Waals surface area contributed by atoms with Crippen molar-refractivity contribution in [2.75, 3.05) is 25.5 Å². The molecule has 1 aromatic carbocycles. The second-order valence-electron chi connectivity index (χ2n) is 5.35. The Balaban J connectivity index is 2.16. The molecule has 0 aromatic heterocycles. The molecule has 1 aliphatic rings. The normalized spacial score (nSPS) is 14.7. The minimum absolute atomic E-state index is 0.0164. The summed E-state index contributed by atoms with van der Waals surface area (Å²) in [4.78, 5) is 24.5. The zero-order valence-electron chi connectivity index (χ0n) is 13.3. The van der Waals surface area contributed by atoms with Crippen LogP contribution in [0.3, 0.4) is 0 Å². The largest absolute Gasteiger partial charge is 0.494 e. The number of anilines is 1.